The number of fused-ring (bicyclic) bond motifs is 10. The van der Waals surface area contributed by atoms with Crippen molar-refractivity contribution in [2.24, 2.45) is 0 Å². The van der Waals surface area contributed by atoms with Gasteiger partial charge < -0.3 is 20.4 Å². The molecule has 0 spiro atoms. The molecule has 2 N–H and O–H groups in total. The van der Waals surface area contributed by atoms with Crippen LogP contribution >= 0.6 is 0 Å². The van der Waals surface area contributed by atoms with Crippen LogP contribution in [-0.2, 0) is 21.9 Å². The zero-order chi connectivity index (χ0) is 31.3. The lowest BCUT2D eigenvalue weighted by Gasteiger charge is -2.26. The summed E-state index contributed by atoms with van der Waals surface area (Å²) in [5, 5.41) is 6.33. The molecule has 6 saturated heterocycles. The fraction of sp³-hybridized carbons (Fsp3) is 0.429. The number of carbonyl (C=O) groups is 4. The molecule has 6 fully saturated rings. The molecule has 6 heterocycles. The minimum absolute atomic E-state index is 0.0291. The van der Waals surface area contributed by atoms with E-state index in [0.29, 0.717) is 13.1 Å². The van der Waals surface area contributed by atoms with Gasteiger partial charge in [0.15, 0.2) is 0 Å². The van der Waals surface area contributed by atoms with E-state index in [9.17, 15) is 45.5 Å². The molecule has 6 amide bonds. The van der Waals surface area contributed by atoms with Gasteiger partial charge in [-0.3, -0.25) is 9.59 Å². The van der Waals surface area contributed by atoms with Gasteiger partial charge >= 0.3 is 24.4 Å². The van der Waals surface area contributed by atoms with Crippen LogP contribution in [0.4, 0.5) is 47.3 Å². The van der Waals surface area contributed by atoms with Crippen molar-refractivity contribution in [3.8, 4) is 0 Å². The van der Waals surface area contributed by atoms with E-state index < -0.39 is 59.4 Å². The summed E-state index contributed by atoms with van der Waals surface area (Å²) in [6.45, 7) is 1.24. The Bertz CT molecular complexity index is 1410. The second-order valence-corrected chi connectivity index (χ2v) is 11.5. The normalized spacial score (nSPS) is 30.4. The van der Waals surface area contributed by atoms with Crippen molar-refractivity contribution in [3.05, 3.63) is 59.7 Å². The molecule has 8 rings (SSSR count). The Hall–Kier alpha value is -4.18. The molecule has 6 atom stereocenters. The molecule has 4 bridgehead atoms. The van der Waals surface area contributed by atoms with Crippen molar-refractivity contribution in [3.63, 3.8) is 0 Å². The van der Waals surface area contributed by atoms with Crippen LogP contribution in [0.15, 0.2) is 48.5 Å². The third kappa shape index (κ3) is 4.25. The number of carbonyl (C=O) groups excluding carboxylic acids is 4. The van der Waals surface area contributed by atoms with E-state index >= 15 is 0 Å². The van der Waals surface area contributed by atoms with Crippen LogP contribution < -0.4 is 20.4 Å². The SMILES string of the molecule is O=C1[C@H]2C3C[C@H](CN3)N2C(=O)N1c1cccc(C(F)(F)F)c1.O=C1[C@H]2[C@H]3CC(CN3)N2C(=O)N1c1cccc(C(F)(F)F)c1. The van der Waals surface area contributed by atoms with Crippen molar-refractivity contribution in [1.29, 1.82) is 0 Å². The van der Waals surface area contributed by atoms with Crippen LogP contribution in [-0.4, -0.2) is 83.0 Å². The topological polar surface area (TPSA) is 105 Å². The number of imide groups is 2. The summed E-state index contributed by atoms with van der Waals surface area (Å²) in [4.78, 5) is 54.7. The first-order valence-electron chi connectivity index (χ1n) is 13.9. The highest BCUT2D eigenvalue weighted by molar-refractivity contribution is 6.23. The molecule has 0 saturated carbocycles. The maximum absolute atomic E-state index is 12.8. The van der Waals surface area contributed by atoms with Gasteiger partial charge in [0, 0.05) is 37.3 Å². The number of nitrogens with one attached hydrogen (secondary N) is 2. The third-order valence-electron chi connectivity index (χ3n) is 9.07. The molecule has 0 aliphatic carbocycles. The van der Waals surface area contributed by atoms with Crippen LogP contribution in [0.1, 0.15) is 24.0 Å². The molecule has 232 valence electrons. The van der Waals surface area contributed by atoms with Crippen molar-refractivity contribution in [1.82, 2.24) is 20.4 Å². The first-order valence-corrected chi connectivity index (χ1v) is 13.9. The predicted molar refractivity (Wildman–Crippen MR) is 140 cm³/mol. The van der Waals surface area contributed by atoms with Crippen LogP contribution in [0.2, 0.25) is 0 Å². The Morgan fingerprint density at radius 2 is 1.00 bits per heavy atom. The summed E-state index contributed by atoms with van der Waals surface area (Å²) in [5.74, 6) is -0.909. The highest BCUT2D eigenvalue weighted by atomic mass is 19.4. The number of piperazine rings is 2. The van der Waals surface area contributed by atoms with E-state index in [4.69, 9.17) is 0 Å². The zero-order valence-electron chi connectivity index (χ0n) is 22.6. The third-order valence-corrected chi connectivity index (χ3v) is 9.07. The highest BCUT2D eigenvalue weighted by Gasteiger charge is 2.60. The van der Waals surface area contributed by atoms with Crippen molar-refractivity contribution in [2.45, 2.75) is 61.4 Å². The number of alkyl halides is 6. The molecule has 10 nitrogen and oxygen atoms in total. The lowest BCUT2D eigenvalue weighted by Crippen LogP contribution is -2.51. The lowest BCUT2D eigenvalue weighted by molar-refractivity contribution is -0.138. The molecular weight excluding hydrogens is 598 g/mol. The van der Waals surface area contributed by atoms with E-state index in [1.54, 1.807) is 0 Å². The molecule has 2 aromatic carbocycles. The number of nitrogens with zero attached hydrogens (tertiary/aromatic N) is 4. The van der Waals surface area contributed by atoms with Gasteiger partial charge in [-0.1, -0.05) is 12.1 Å². The Kier molecular flexibility index (Phi) is 6.27. The zero-order valence-corrected chi connectivity index (χ0v) is 22.6. The summed E-state index contributed by atoms with van der Waals surface area (Å²) >= 11 is 0. The Labute approximate surface area is 245 Å². The summed E-state index contributed by atoms with van der Waals surface area (Å²) in [6, 6.07) is 6.07. The van der Waals surface area contributed by atoms with Gasteiger partial charge in [-0.2, -0.15) is 26.3 Å². The van der Waals surface area contributed by atoms with Gasteiger partial charge in [0.1, 0.15) is 12.1 Å². The summed E-state index contributed by atoms with van der Waals surface area (Å²) in [7, 11) is 0. The minimum atomic E-state index is -4.52. The van der Waals surface area contributed by atoms with Gasteiger partial charge in [0.25, 0.3) is 11.8 Å². The maximum atomic E-state index is 12.8. The number of hydrogen-bond acceptors (Lipinski definition) is 6. The average Bonchev–Trinajstić information content (AvgIpc) is 3.81. The van der Waals surface area contributed by atoms with E-state index in [1.807, 2.05) is 0 Å². The Morgan fingerprint density at radius 1 is 0.614 bits per heavy atom. The van der Waals surface area contributed by atoms with Gasteiger partial charge in [-0.15, -0.1) is 0 Å². The molecule has 44 heavy (non-hydrogen) atoms. The molecule has 2 aromatic rings. The standard InChI is InChI=1S/2C14H12F3N3O2/c2*15-14(16,17)7-2-1-3-8(4-7)20-12(21)11-10-5-9(6-18-10)19(11)13(20)22/h2*1-4,9-11,18H,5-6H2/t9?,10-,11-;9-,10?,11-/m11/s1. The van der Waals surface area contributed by atoms with Crippen LogP contribution in [0.5, 0.6) is 0 Å². The predicted octanol–water partition coefficient (Wildman–Crippen LogP) is 3.17. The number of benzene rings is 2. The number of urea groups is 2. The number of rotatable bonds is 2. The van der Waals surface area contributed by atoms with Gasteiger partial charge in [0.05, 0.1) is 22.5 Å². The second-order valence-electron chi connectivity index (χ2n) is 11.5. The van der Waals surface area contributed by atoms with Crippen molar-refractivity contribution < 1.29 is 45.5 Å². The van der Waals surface area contributed by atoms with Gasteiger partial charge in [-0.25, -0.2) is 19.4 Å². The molecule has 16 heteroatoms. The smallest absolute Gasteiger partial charge is 0.309 e. The fourth-order valence-corrected chi connectivity index (χ4v) is 7.18. The summed E-state index contributed by atoms with van der Waals surface area (Å²) in [6.07, 6.45) is -7.59. The first-order chi connectivity index (χ1) is 20.8. The van der Waals surface area contributed by atoms with E-state index in [2.05, 4.69) is 10.6 Å². The van der Waals surface area contributed by atoms with Crippen LogP contribution in [0, 0.1) is 0 Å². The molecule has 0 aromatic heterocycles. The lowest BCUT2D eigenvalue weighted by atomic mass is 10.1. The second kappa shape index (κ2) is 9.66. The summed E-state index contributed by atoms with van der Waals surface area (Å²) in [5.41, 5.74) is -1.81. The molecular formula is C28H24F6N6O4. The Balaban J connectivity index is 0.000000142. The van der Waals surface area contributed by atoms with Gasteiger partial charge in [-0.05, 0) is 49.2 Å². The molecule has 6 aliphatic heterocycles. The average molecular weight is 623 g/mol. The largest absolute Gasteiger partial charge is 0.416 e. The number of amides is 6. The van der Waals surface area contributed by atoms with E-state index in [-0.39, 0.29) is 35.5 Å². The number of hydrogen-bond donors (Lipinski definition) is 2. The minimum Gasteiger partial charge on any atom is -0.309 e. The first kappa shape index (κ1) is 28.6. The summed E-state index contributed by atoms with van der Waals surface area (Å²) < 4.78 is 76.8. The van der Waals surface area contributed by atoms with E-state index in [1.165, 1.54) is 34.1 Å². The van der Waals surface area contributed by atoms with E-state index in [0.717, 1.165) is 46.9 Å². The van der Waals surface area contributed by atoms with Crippen LogP contribution in [0.25, 0.3) is 0 Å². The molecule has 0 radical (unpaired) electrons. The number of halogens is 6. The quantitative estimate of drug-likeness (QED) is 0.394. The van der Waals surface area contributed by atoms with Crippen molar-refractivity contribution >= 4 is 35.3 Å². The fourth-order valence-electron chi connectivity index (χ4n) is 7.18. The van der Waals surface area contributed by atoms with Crippen LogP contribution in [0.3, 0.4) is 0 Å². The number of anilines is 2. The van der Waals surface area contributed by atoms with Crippen molar-refractivity contribution in [2.75, 3.05) is 22.9 Å². The monoisotopic (exact) mass is 622 g/mol. The van der Waals surface area contributed by atoms with Gasteiger partial charge in [0.2, 0.25) is 0 Å². The molecule has 6 aliphatic rings. The highest BCUT2D eigenvalue weighted by Crippen LogP contribution is 2.41. The Morgan fingerprint density at radius 3 is 1.34 bits per heavy atom. The maximum Gasteiger partial charge on any atom is 0.416 e. The molecule has 2 unspecified atom stereocenters.